The molecule has 0 atom stereocenters. The van der Waals surface area contributed by atoms with Crippen molar-refractivity contribution >= 4 is 21.4 Å². The van der Waals surface area contributed by atoms with Gasteiger partial charge in [-0.1, -0.05) is 17.7 Å². The molecule has 0 saturated carbocycles. The molecule has 0 spiro atoms. The molecule has 5 nitrogen and oxygen atoms in total. The molecule has 0 unspecified atom stereocenters. The number of hydrogen-bond acceptors (Lipinski definition) is 4. The lowest BCUT2D eigenvalue weighted by molar-refractivity contribution is 0.601. The van der Waals surface area contributed by atoms with Crippen LogP contribution in [0.4, 0.5) is 4.39 Å². The second-order valence-electron chi connectivity index (χ2n) is 5.91. The van der Waals surface area contributed by atoms with E-state index in [9.17, 15) is 12.8 Å². The maximum absolute atomic E-state index is 13.8. The van der Waals surface area contributed by atoms with Gasteiger partial charge >= 0.3 is 0 Å². The maximum Gasteiger partial charge on any atom is 0.176 e. The van der Waals surface area contributed by atoms with E-state index >= 15 is 0 Å². The molecule has 0 saturated heterocycles. The predicted octanol–water partition coefficient (Wildman–Crippen LogP) is 2.96. The Kier molecular flexibility index (Phi) is 6.03. The number of aromatic nitrogens is 2. The average molecular weight is 386 g/mol. The number of halogens is 2. The first kappa shape index (κ1) is 19.6. The van der Waals surface area contributed by atoms with Crippen molar-refractivity contribution in [3.8, 4) is 0 Å². The van der Waals surface area contributed by atoms with E-state index in [1.807, 2.05) is 13.8 Å². The zero-order chi connectivity index (χ0) is 18.8. The molecule has 0 aliphatic heterocycles. The molecule has 0 amide bonds. The summed E-state index contributed by atoms with van der Waals surface area (Å²) >= 11 is 6.08. The maximum atomic E-state index is 13.8. The van der Waals surface area contributed by atoms with Gasteiger partial charge in [0.1, 0.15) is 5.83 Å². The Labute approximate surface area is 152 Å². The van der Waals surface area contributed by atoms with Gasteiger partial charge in [0.25, 0.3) is 0 Å². The molecule has 2 rings (SSSR count). The summed E-state index contributed by atoms with van der Waals surface area (Å²) in [4.78, 5) is 0.0981. The van der Waals surface area contributed by atoms with Gasteiger partial charge in [0.15, 0.2) is 9.84 Å². The van der Waals surface area contributed by atoms with E-state index in [0.29, 0.717) is 6.54 Å². The van der Waals surface area contributed by atoms with Gasteiger partial charge in [0.2, 0.25) is 0 Å². The topological polar surface area (TPSA) is 78.0 Å². The van der Waals surface area contributed by atoms with Gasteiger partial charge in [-0.25, -0.2) is 12.8 Å². The first-order valence-corrected chi connectivity index (χ1v) is 9.96. The van der Waals surface area contributed by atoms with Crippen molar-refractivity contribution in [1.82, 2.24) is 9.78 Å². The van der Waals surface area contributed by atoms with Crippen LogP contribution in [0.25, 0.3) is 0 Å². The Balaban J connectivity index is 2.30. The summed E-state index contributed by atoms with van der Waals surface area (Å²) in [5.41, 5.74) is 8.56. The number of nitrogens with zero attached hydrogens (tertiary/aromatic N) is 2. The van der Waals surface area contributed by atoms with Crippen molar-refractivity contribution < 1.29 is 12.8 Å². The normalized spacial score (nSPS) is 12.6. The van der Waals surface area contributed by atoms with Crippen LogP contribution in [-0.2, 0) is 22.8 Å². The van der Waals surface area contributed by atoms with E-state index in [-0.39, 0.29) is 28.7 Å². The van der Waals surface area contributed by atoms with Crippen molar-refractivity contribution in [3.63, 3.8) is 0 Å². The standard InChI is InChI=1S/C17H21ClFN3O2S/c1-11-15(9-14(19)6-7-20)12(2)22(21-11)10-13-4-5-17(16(18)8-13)25(3,23)24/h4-6,8H,7,9-10,20H2,1-3H3/b14-6-. The highest BCUT2D eigenvalue weighted by molar-refractivity contribution is 7.90. The van der Waals surface area contributed by atoms with Crippen LogP contribution in [0, 0.1) is 13.8 Å². The highest BCUT2D eigenvalue weighted by atomic mass is 35.5. The molecule has 0 aliphatic rings. The Bertz CT molecular complexity index is 920. The van der Waals surface area contributed by atoms with Crippen LogP contribution in [0.2, 0.25) is 5.02 Å². The van der Waals surface area contributed by atoms with E-state index < -0.39 is 9.84 Å². The molecular formula is C17H21ClFN3O2S. The van der Waals surface area contributed by atoms with Crippen molar-refractivity contribution in [2.45, 2.75) is 31.7 Å². The summed E-state index contributed by atoms with van der Waals surface area (Å²) in [6.07, 6.45) is 2.62. The van der Waals surface area contributed by atoms with E-state index in [2.05, 4.69) is 5.10 Å². The van der Waals surface area contributed by atoms with Crippen LogP contribution in [-0.4, -0.2) is 31.0 Å². The monoisotopic (exact) mass is 385 g/mol. The van der Waals surface area contributed by atoms with Gasteiger partial charge in [-0.2, -0.15) is 5.10 Å². The lowest BCUT2D eigenvalue weighted by Crippen LogP contribution is -2.06. The van der Waals surface area contributed by atoms with E-state index in [1.165, 1.54) is 12.1 Å². The summed E-state index contributed by atoms with van der Waals surface area (Å²) in [6, 6.07) is 4.81. The summed E-state index contributed by atoms with van der Waals surface area (Å²) in [6.45, 7) is 4.27. The van der Waals surface area contributed by atoms with Crippen molar-refractivity contribution in [2.75, 3.05) is 12.8 Å². The zero-order valence-corrected chi connectivity index (χ0v) is 16.0. The fourth-order valence-corrected chi connectivity index (χ4v) is 3.98. The molecule has 2 N–H and O–H groups in total. The molecule has 0 bridgehead atoms. The van der Waals surface area contributed by atoms with Gasteiger partial charge in [-0.05, 0) is 37.6 Å². The number of nitrogens with two attached hydrogens (primary N) is 1. The van der Waals surface area contributed by atoms with E-state index in [1.54, 1.807) is 16.8 Å². The van der Waals surface area contributed by atoms with Crippen molar-refractivity contribution in [3.05, 3.63) is 57.6 Å². The lowest BCUT2D eigenvalue weighted by Gasteiger charge is -2.08. The minimum atomic E-state index is -3.37. The largest absolute Gasteiger partial charge is 0.327 e. The summed E-state index contributed by atoms with van der Waals surface area (Å²) in [5, 5.41) is 4.63. The Morgan fingerprint density at radius 3 is 2.64 bits per heavy atom. The Morgan fingerprint density at radius 1 is 1.40 bits per heavy atom. The average Bonchev–Trinajstić information content (AvgIpc) is 2.74. The molecule has 136 valence electrons. The SMILES string of the molecule is Cc1nn(Cc2ccc(S(C)(=O)=O)c(Cl)c2)c(C)c1C/C(F)=C/CN. The van der Waals surface area contributed by atoms with Crippen LogP contribution in [0.3, 0.4) is 0 Å². The number of hydrogen-bond donors (Lipinski definition) is 1. The van der Waals surface area contributed by atoms with Crippen LogP contribution in [0.5, 0.6) is 0 Å². The molecule has 0 fully saturated rings. The van der Waals surface area contributed by atoms with Crippen LogP contribution in [0.1, 0.15) is 22.5 Å². The first-order valence-electron chi connectivity index (χ1n) is 7.69. The van der Waals surface area contributed by atoms with Gasteiger partial charge in [0, 0.05) is 30.5 Å². The highest BCUT2D eigenvalue weighted by Crippen LogP contribution is 2.24. The second kappa shape index (κ2) is 7.68. The number of rotatable bonds is 6. The predicted molar refractivity (Wildman–Crippen MR) is 97.3 cm³/mol. The summed E-state index contributed by atoms with van der Waals surface area (Å²) in [5.74, 6) is -0.284. The molecule has 0 aliphatic carbocycles. The molecule has 25 heavy (non-hydrogen) atoms. The van der Waals surface area contributed by atoms with Gasteiger partial charge in [0.05, 0.1) is 22.2 Å². The third-order valence-electron chi connectivity index (χ3n) is 3.94. The fourth-order valence-electron chi connectivity index (χ4n) is 2.63. The van der Waals surface area contributed by atoms with Crippen LogP contribution >= 0.6 is 11.6 Å². The molecule has 1 aromatic heterocycles. The quantitative estimate of drug-likeness (QED) is 0.829. The zero-order valence-electron chi connectivity index (χ0n) is 14.4. The Morgan fingerprint density at radius 2 is 2.08 bits per heavy atom. The lowest BCUT2D eigenvalue weighted by atomic mass is 10.1. The molecule has 1 heterocycles. The van der Waals surface area contributed by atoms with Gasteiger partial charge in [-0.15, -0.1) is 0 Å². The third kappa shape index (κ3) is 4.68. The third-order valence-corrected chi connectivity index (χ3v) is 5.52. The van der Waals surface area contributed by atoms with Crippen LogP contribution < -0.4 is 5.73 Å². The molecule has 1 aromatic carbocycles. The Hall–Kier alpha value is -1.70. The number of aryl methyl sites for hydroxylation is 1. The first-order chi connectivity index (χ1) is 11.6. The van der Waals surface area contributed by atoms with Crippen molar-refractivity contribution in [1.29, 1.82) is 0 Å². The smallest absolute Gasteiger partial charge is 0.176 e. The number of sulfone groups is 1. The molecule has 2 aromatic rings. The van der Waals surface area contributed by atoms with E-state index in [0.717, 1.165) is 28.8 Å². The summed E-state index contributed by atoms with van der Waals surface area (Å²) in [7, 11) is -3.37. The number of benzene rings is 1. The van der Waals surface area contributed by atoms with E-state index in [4.69, 9.17) is 17.3 Å². The van der Waals surface area contributed by atoms with Crippen molar-refractivity contribution in [2.24, 2.45) is 5.73 Å². The molecule has 8 heteroatoms. The minimum Gasteiger partial charge on any atom is -0.327 e. The molecule has 0 radical (unpaired) electrons. The summed E-state index contributed by atoms with van der Waals surface area (Å²) < 4.78 is 38.8. The van der Waals surface area contributed by atoms with Crippen LogP contribution in [0.15, 0.2) is 35.0 Å². The molecular weight excluding hydrogens is 365 g/mol. The highest BCUT2D eigenvalue weighted by Gasteiger charge is 2.15. The second-order valence-corrected chi connectivity index (χ2v) is 8.30. The fraction of sp³-hybridized carbons (Fsp3) is 0.353. The number of allylic oxidation sites excluding steroid dienone is 1. The minimum absolute atomic E-state index is 0.0981. The van der Waals surface area contributed by atoms with Gasteiger partial charge in [-0.3, -0.25) is 4.68 Å². The van der Waals surface area contributed by atoms with Gasteiger partial charge < -0.3 is 5.73 Å².